The molecule has 0 aliphatic heterocycles. The second-order valence-corrected chi connectivity index (χ2v) is 7.96. The molecule has 2 aromatic heterocycles. The van der Waals surface area contributed by atoms with Crippen molar-refractivity contribution in [1.82, 2.24) is 19.7 Å². The zero-order chi connectivity index (χ0) is 26.4. The van der Waals surface area contributed by atoms with E-state index in [2.05, 4.69) is 20.4 Å². The highest BCUT2D eigenvalue weighted by molar-refractivity contribution is 6.02. The van der Waals surface area contributed by atoms with Gasteiger partial charge >= 0.3 is 0 Å². The van der Waals surface area contributed by atoms with Crippen molar-refractivity contribution >= 4 is 17.7 Å². The average Bonchev–Trinajstić information content (AvgIpc) is 3.25. The summed E-state index contributed by atoms with van der Waals surface area (Å²) in [6, 6.07) is 14.1. The zero-order valence-electron chi connectivity index (χ0n) is 21.2. The molecule has 0 bridgehead atoms. The highest BCUT2D eigenvalue weighted by atomic mass is 16.5. The van der Waals surface area contributed by atoms with Crippen LogP contribution in [0.25, 0.3) is 11.9 Å². The van der Waals surface area contributed by atoms with Gasteiger partial charge in [0.05, 0.1) is 27.0 Å². The standard InChI is InChI=1S/C27H27N5O5/c1-17-12-18(2)32(31-17)24-15-26(29-16-28-24)37-21-9-7-20(8-10-21)30-25(33)11-6-19-13-22(34-3)27(36-5)23(14-19)35-4/h6-16H,1-5H3,(H,30,33)/b11-6+. The molecule has 0 saturated heterocycles. The maximum absolute atomic E-state index is 12.5. The number of methoxy groups -OCH3 is 3. The number of rotatable bonds is 9. The number of aromatic nitrogens is 4. The van der Waals surface area contributed by atoms with Crippen LogP contribution in [-0.4, -0.2) is 47.0 Å². The molecule has 0 atom stereocenters. The summed E-state index contributed by atoms with van der Waals surface area (Å²) in [6.45, 7) is 3.88. The molecule has 10 heteroatoms. The summed E-state index contributed by atoms with van der Waals surface area (Å²) >= 11 is 0. The van der Waals surface area contributed by atoms with Crippen LogP contribution in [0.1, 0.15) is 17.0 Å². The van der Waals surface area contributed by atoms with Crippen molar-refractivity contribution in [3.8, 4) is 34.7 Å². The molecule has 0 radical (unpaired) electrons. The molecule has 0 spiro atoms. The lowest BCUT2D eigenvalue weighted by atomic mass is 10.1. The van der Waals surface area contributed by atoms with Gasteiger partial charge in [-0.25, -0.2) is 14.6 Å². The van der Waals surface area contributed by atoms with Gasteiger partial charge in [-0.05, 0) is 68.0 Å². The summed E-state index contributed by atoms with van der Waals surface area (Å²) in [5.41, 5.74) is 3.19. The smallest absolute Gasteiger partial charge is 0.248 e. The molecule has 2 aromatic carbocycles. The molecule has 0 fully saturated rings. The summed E-state index contributed by atoms with van der Waals surface area (Å²) in [4.78, 5) is 20.9. The lowest BCUT2D eigenvalue weighted by molar-refractivity contribution is -0.111. The van der Waals surface area contributed by atoms with Crippen LogP contribution in [-0.2, 0) is 4.79 Å². The van der Waals surface area contributed by atoms with Crippen molar-refractivity contribution in [2.24, 2.45) is 0 Å². The number of amides is 1. The van der Waals surface area contributed by atoms with E-state index in [-0.39, 0.29) is 5.91 Å². The van der Waals surface area contributed by atoms with Gasteiger partial charge in [0, 0.05) is 23.5 Å². The largest absolute Gasteiger partial charge is 0.493 e. The van der Waals surface area contributed by atoms with Crippen LogP contribution in [0.2, 0.25) is 0 Å². The van der Waals surface area contributed by atoms with E-state index >= 15 is 0 Å². The van der Waals surface area contributed by atoms with Crippen LogP contribution in [0.5, 0.6) is 28.9 Å². The molecule has 190 valence electrons. The van der Waals surface area contributed by atoms with Crippen molar-refractivity contribution in [3.63, 3.8) is 0 Å². The predicted octanol–water partition coefficient (Wildman–Crippen LogP) is 4.75. The van der Waals surface area contributed by atoms with Crippen LogP contribution < -0.4 is 24.3 Å². The third-order valence-electron chi connectivity index (χ3n) is 5.31. The van der Waals surface area contributed by atoms with E-state index in [1.807, 2.05) is 19.9 Å². The molecule has 37 heavy (non-hydrogen) atoms. The van der Waals surface area contributed by atoms with Gasteiger partial charge in [-0.2, -0.15) is 5.10 Å². The minimum atomic E-state index is -0.298. The topological polar surface area (TPSA) is 110 Å². The van der Waals surface area contributed by atoms with Crippen LogP contribution in [0, 0.1) is 13.8 Å². The number of hydrogen-bond acceptors (Lipinski definition) is 8. The van der Waals surface area contributed by atoms with Crippen LogP contribution >= 0.6 is 0 Å². The average molecular weight is 502 g/mol. The second-order valence-electron chi connectivity index (χ2n) is 7.96. The Bertz CT molecular complexity index is 1400. The Hall–Kier alpha value is -4.86. The fourth-order valence-corrected chi connectivity index (χ4v) is 3.64. The first kappa shape index (κ1) is 25.2. The van der Waals surface area contributed by atoms with Gasteiger partial charge in [0.15, 0.2) is 17.3 Å². The van der Waals surface area contributed by atoms with E-state index in [9.17, 15) is 4.79 Å². The Kier molecular flexibility index (Phi) is 7.68. The third-order valence-corrected chi connectivity index (χ3v) is 5.31. The van der Waals surface area contributed by atoms with Crippen LogP contribution in [0.4, 0.5) is 5.69 Å². The Balaban J connectivity index is 1.40. The van der Waals surface area contributed by atoms with Gasteiger partial charge in [0.2, 0.25) is 17.5 Å². The molecule has 1 amide bonds. The molecule has 0 saturated carbocycles. The number of hydrogen-bond donors (Lipinski definition) is 1. The number of anilines is 1. The molecular weight excluding hydrogens is 474 g/mol. The Morgan fingerprint density at radius 3 is 2.22 bits per heavy atom. The van der Waals surface area contributed by atoms with E-state index in [0.29, 0.717) is 40.4 Å². The van der Waals surface area contributed by atoms with Crippen molar-refractivity contribution in [2.45, 2.75) is 13.8 Å². The van der Waals surface area contributed by atoms with Gasteiger partial charge in [0.1, 0.15) is 12.1 Å². The van der Waals surface area contributed by atoms with E-state index in [4.69, 9.17) is 18.9 Å². The van der Waals surface area contributed by atoms with Crippen molar-refractivity contribution in [3.05, 3.63) is 77.9 Å². The summed E-state index contributed by atoms with van der Waals surface area (Å²) < 4.78 is 23.6. The first-order valence-corrected chi connectivity index (χ1v) is 11.3. The minimum absolute atomic E-state index is 0.298. The molecule has 0 unspecified atom stereocenters. The van der Waals surface area contributed by atoms with Gasteiger partial charge in [0.25, 0.3) is 0 Å². The zero-order valence-corrected chi connectivity index (χ0v) is 21.2. The van der Waals surface area contributed by atoms with Gasteiger partial charge in [-0.1, -0.05) is 0 Å². The van der Waals surface area contributed by atoms with Crippen LogP contribution in [0.15, 0.2) is 60.9 Å². The van der Waals surface area contributed by atoms with E-state index in [0.717, 1.165) is 17.0 Å². The Morgan fingerprint density at radius 1 is 0.919 bits per heavy atom. The normalized spacial score (nSPS) is 10.8. The maximum atomic E-state index is 12.5. The molecule has 4 rings (SSSR count). The second kappa shape index (κ2) is 11.3. The number of nitrogens with one attached hydrogen (secondary N) is 1. The lowest BCUT2D eigenvalue weighted by Crippen LogP contribution is -2.07. The third kappa shape index (κ3) is 6.04. The van der Waals surface area contributed by atoms with Crippen molar-refractivity contribution in [1.29, 1.82) is 0 Å². The van der Waals surface area contributed by atoms with Crippen molar-refractivity contribution in [2.75, 3.05) is 26.6 Å². The summed E-state index contributed by atoms with van der Waals surface area (Å²) in [7, 11) is 4.61. The number of nitrogens with zero attached hydrogens (tertiary/aromatic N) is 4. The first-order chi connectivity index (χ1) is 17.9. The minimum Gasteiger partial charge on any atom is -0.493 e. The summed E-state index contributed by atoms with van der Waals surface area (Å²) in [5.74, 6) is 2.74. The highest BCUT2D eigenvalue weighted by Crippen LogP contribution is 2.38. The predicted molar refractivity (Wildman–Crippen MR) is 139 cm³/mol. The fourth-order valence-electron chi connectivity index (χ4n) is 3.64. The monoisotopic (exact) mass is 501 g/mol. The van der Waals surface area contributed by atoms with E-state index in [1.165, 1.54) is 33.7 Å². The molecule has 0 aliphatic rings. The SMILES string of the molecule is COc1cc(/C=C/C(=O)Nc2ccc(Oc3cc(-n4nc(C)cc4C)ncn3)cc2)cc(OC)c1OC. The molecule has 1 N–H and O–H groups in total. The first-order valence-electron chi connectivity index (χ1n) is 11.3. The van der Waals surface area contributed by atoms with Crippen LogP contribution in [0.3, 0.4) is 0 Å². The lowest BCUT2D eigenvalue weighted by Gasteiger charge is -2.12. The summed E-state index contributed by atoms with van der Waals surface area (Å²) in [5, 5.41) is 7.25. The fraction of sp³-hybridized carbons (Fsp3) is 0.185. The van der Waals surface area contributed by atoms with E-state index < -0.39 is 0 Å². The van der Waals surface area contributed by atoms with Gasteiger partial charge < -0.3 is 24.3 Å². The van der Waals surface area contributed by atoms with Gasteiger partial charge in [-0.15, -0.1) is 0 Å². The molecule has 10 nitrogen and oxygen atoms in total. The number of carbonyl (C=O) groups excluding carboxylic acids is 1. The quantitative estimate of drug-likeness (QED) is 0.327. The number of benzene rings is 2. The molecule has 2 heterocycles. The number of carbonyl (C=O) groups is 1. The summed E-state index contributed by atoms with van der Waals surface area (Å²) in [6.07, 6.45) is 4.51. The molecular formula is C27H27N5O5. The molecule has 0 aliphatic carbocycles. The Labute approximate surface area is 214 Å². The Morgan fingerprint density at radius 2 is 1.62 bits per heavy atom. The maximum Gasteiger partial charge on any atom is 0.248 e. The van der Waals surface area contributed by atoms with Gasteiger partial charge in [-0.3, -0.25) is 4.79 Å². The van der Waals surface area contributed by atoms with Crippen molar-refractivity contribution < 1.29 is 23.7 Å². The van der Waals surface area contributed by atoms with E-state index in [1.54, 1.807) is 53.2 Å². The molecule has 4 aromatic rings. The number of aryl methyl sites for hydroxylation is 2. The number of ether oxygens (including phenoxy) is 4. The highest BCUT2D eigenvalue weighted by Gasteiger charge is 2.12.